The molecule has 1 unspecified atom stereocenters. The number of pyridine rings is 1. The van der Waals surface area contributed by atoms with E-state index < -0.39 is 5.92 Å². The lowest BCUT2D eigenvalue weighted by Crippen LogP contribution is -2.31. The Morgan fingerprint density at radius 3 is 2.62 bits per heavy atom. The molecule has 0 aliphatic carbocycles. The van der Waals surface area contributed by atoms with Crippen molar-refractivity contribution in [2.24, 2.45) is 12.8 Å². The number of ether oxygens (including phenoxy) is 2. The highest BCUT2D eigenvalue weighted by atomic mass is 35.5. The van der Waals surface area contributed by atoms with Crippen molar-refractivity contribution in [1.82, 2.24) is 4.57 Å². The number of para-hydroxylation sites is 1. The molecular formula is C27H20ClN3O3. The molecule has 0 radical (unpaired) electrons. The molecule has 0 fully saturated rings. The zero-order chi connectivity index (χ0) is 23.8. The minimum absolute atomic E-state index is 0.000288. The lowest BCUT2D eigenvalue weighted by Gasteiger charge is -2.27. The van der Waals surface area contributed by atoms with E-state index in [0.29, 0.717) is 28.7 Å². The number of nitriles is 1. The van der Waals surface area contributed by atoms with Crippen LogP contribution in [-0.2, 0) is 13.7 Å². The van der Waals surface area contributed by atoms with E-state index >= 15 is 0 Å². The molecule has 1 aliphatic heterocycles. The van der Waals surface area contributed by atoms with Gasteiger partial charge in [-0.15, -0.1) is 0 Å². The molecule has 5 rings (SSSR count). The van der Waals surface area contributed by atoms with Crippen LogP contribution < -0.4 is 20.8 Å². The maximum Gasteiger partial charge on any atom is 0.258 e. The van der Waals surface area contributed by atoms with E-state index in [1.165, 1.54) is 0 Å². The summed E-state index contributed by atoms with van der Waals surface area (Å²) >= 11 is 6.04. The highest BCUT2D eigenvalue weighted by molar-refractivity contribution is 6.30. The van der Waals surface area contributed by atoms with E-state index in [1.807, 2.05) is 72.8 Å². The number of fused-ring (bicyclic) bond motifs is 3. The molecule has 1 atom stereocenters. The van der Waals surface area contributed by atoms with Crippen LogP contribution in [0.1, 0.15) is 22.6 Å². The highest BCUT2D eigenvalue weighted by Gasteiger charge is 2.35. The Hall–Kier alpha value is -4.21. The van der Waals surface area contributed by atoms with E-state index in [0.717, 1.165) is 22.0 Å². The summed E-state index contributed by atoms with van der Waals surface area (Å²) in [5.41, 5.74) is 8.93. The summed E-state index contributed by atoms with van der Waals surface area (Å²) < 4.78 is 13.3. The second-order valence-electron chi connectivity index (χ2n) is 8.04. The van der Waals surface area contributed by atoms with E-state index in [4.69, 9.17) is 26.8 Å². The number of benzene rings is 3. The maximum atomic E-state index is 13.4. The Labute approximate surface area is 201 Å². The van der Waals surface area contributed by atoms with Crippen molar-refractivity contribution in [3.05, 3.63) is 116 Å². The van der Waals surface area contributed by atoms with Crippen molar-refractivity contribution in [3.63, 3.8) is 0 Å². The molecule has 0 bridgehead atoms. The molecule has 2 N–H and O–H groups in total. The third-order valence-electron chi connectivity index (χ3n) is 5.97. The summed E-state index contributed by atoms with van der Waals surface area (Å²) in [4.78, 5) is 13.4. The van der Waals surface area contributed by atoms with Crippen LogP contribution in [0.25, 0.3) is 10.9 Å². The second-order valence-corrected chi connectivity index (χ2v) is 8.47. The first kappa shape index (κ1) is 21.6. The lowest BCUT2D eigenvalue weighted by atomic mass is 9.83. The van der Waals surface area contributed by atoms with Gasteiger partial charge in [0.1, 0.15) is 29.7 Å². The fourth-order valence-corrected chi connectivity index (χ4v) is 4.52. The number of nitrogens with zero attached hydrogens (tertiary/aromatic N) is 2. The summed E-state index contributed by atoms with van der Waals surface area (Å²) in [5.74, 6) is 0.387. The molecule has 1 aliphatic rings. The molecule has 0 saturated carbocycles. The van der Waals surface area contributed by atoms with Gasteiger partial charge in [0.25, 0.3) is 5.56 Å². The van der Waals surface area contributed by atoms with Crippen LogP contribution in [0.4, 0.5) is 0 Å². The average Bonchev–Trinajstić information content (AvgIpc) is 2.86. The standard InChI is InChI=1S/C27H20ClN3O3/c1-31-22-8-3-2-7-20(22)25-24(27(31)32)23(21(14-29)26(30)34-25)17-9-11-19(12-10-17)33-15-16-5-4-6-18(28)13-16/h2-13,23H,15,30H2,1H3. The molecule has 4 aromatic rings. The SMILES string of the molecule is Cn1c(=O)c2c(c3ccccc31)OC(N)=C(C#N)C2c1ccc(OCc2cccc(Cl)c2)cc1. The Bertz CT molecular complexity index is 1550. The van der Waals surface area contributed by atoms with E-state index in [-0.39, 0.29) is 17.0 Å². The molecule has 3 aromatic carbocycles. The van der Waals surface area contributed by atoms with Crippen LogP contribution in [0.15, 0.2) is 89.0 Å². The first-order valence-electron chi connectivity index (χ1n) is 10.6. The molecule has 0 saturated heterocycles. The van der Waals surface area contributed by atoms with Gasteiger partial charge < -0.3 is 19.8 Å². The topological polar surface area (TPSA) is 90.3 Å². The second kappa shape index (κ2) is 8.62. The number of hydrogen-bond donors (Lipinski definition) is 1. The van der Waals surface area contributed by atoms with Crippen LogP contribution >= 0.6 is 11.6 Å². The third-order valence-corrected chi connectivity index (χ3v) is 6.21. The number of halogens is 1. The summed E-state index contributed by atoms with van der Waals surface area (Å²) in [7, 11) is 1.71. The van der Waals surface area contributed by atoms with Gasteiger partial charge in [-0.1, -0.05) is 48.0 Å². The minimum atomic E-state index is -0.654. The van der Waals surface area contributed by atoms with Crippen molar-refractivity contribution >= 4 is 22.5 Å². The van der Waals surface area contributed by atoms with E-state index in [1.54, 1.807) is 11.6 Å². The number of aryl methyl sites for hydroxylation is 1. The van der Waals surface area contributed by atoms with Gasteiger partial charge in [0.2, 0.25) is 5.88 Å². The number of nitrogens with two attached hydrogens (primary N) is 1. The quantitative estimate of drug-likeness (QED) is 0.454. The molecule has 1 aromatic heterocycles. The van der Waals surface area contributed by atoms with Gasteiger partial charge >= 0.3 is 0 Å². The van der Waals surface area contributed by atoms with Crippen LogP contribution in [0.3, 0.4) is 0 Å². The van der Waals surface area contributed by atoms with Gasteiger partial charge in [0.05, 0.1) is 17.0 Å². The van der Waals surface area contributed by atoms with Crippen molar-refractivity contribution in [2.75, 3.05) is 0 Å². The predicted molar refractivity (Wildman–Crippen MR) is 131 cm³/mol. The van der Waals surface area contributed by atoms with Crippen molar-refractivity contribution in [1.29, 1.82) is 5.26 Å². The fraction of sp³-hybridized carbons (Fsp3) is 0.111. The van der Waals surface area contributed by atoms with Gasteiger partial charge in [-0.05, 0) is 47.5 Å². The first-order chi connectivity index (χ1) is 16.5. The molecule has 34 heavy (non-hydrogen) atoms. The van der Waals surface area contributed by atoms with Gasteiger partial charge in [0.15, 0.2) is 0 Å². The molecule has 2 heterocycles. The highest BCUT2D eigenvalue weighted by Crippen LogP contribution is 2.43. The van der Waals surface area contributed by atoms with E-state index in [2.05, 4.69) is 6.07 Å². The minimum Gasteiger partial charge on any atom is -0.489 e. The predicted octanol–water partition coefficient (Wildman–Crippen LogP) is 4.99. The summed E-state index contributed by atoms with van der Waals surface area (Å²) in [6, 6.07) is 24.4. The Balaban J connectivity index is 1.56. The van der Waals surface area contributed by atoms with Crippen molar-refractivity contribution < 1.29 is 9.47 Å². The average molecular weight is 470 g/mol. The third kappa shape index (κ3) is 3.66. The molecular weight excluding hydrogens is 450 g/mol. The largest absolute Gasteiger partial charge is 0.489 e. The molecule has 0 amide bonds. The zero-order valence-corrected chi connectivity index (χ0v) is 19.0. The Morgan fingerprint density at radius 2 is 1.88 bits per heavy atom. The normalized spacial score (nSPS) is 14.9. The first-order valence-corrected chi connectivity index (χ1v) is 11.0. The van der Waals surface area contributed by atoms with Crippen LogP contribution in [0, 0.1) is 11.3 Å². The van der Waals surface area contributed by atoms with Gasteiger partial charge in [-0.25, -0.2) is 0 Å². The lowest BCUT2D eigenvalue weighted by molar-refractivity contribution is 0.306. The fourth-order valence-electron chi connectivity index (χ4n) is 4.31. The summed E-state index contributed by atoms with van der Waals surface area (Å²) in [6.45, 7) is 0.364. The maximum absolute atomic E-state index is 13.4. The number of allylic oxidation sites excluding steroid dienone is 1. The van der Waals surface area contributed by atoms with Crippen LogP contribution in [-0.4, -0.2) is 4.57 Å². The van der Waals surface area contributed by atoms with Crippen LogP contribution in [0.5, 0.6) is 11.5 Å². The number of aromatic nitrogens is 1. The molecule has 7 heteroatoms. The monoisotopic (exact) mass is 469 g/mol. The number of hydrogen-bond acceptors (Lipinski definition) is 5. The van der Waals surface area contributed by atoms with E-state index in [9.17, 15) is 10.1 Å². The smallest absolute Gasteiger partial charge is 0.258 e. The summed E-state index contributed by atoms with van der Waals surface area (Å²) in [5, 5.41) is 11.3. The summed E-state index contributed by atoms with van der Waals surface area (Å²) in [6.07, 6.45) is 0. The molecule has 168 valence electrons. The Kier molecular flexibility index (Phi) is 5.48. The van der Waals surface area contributed by atoms with Gasteiger partial charge in [-0.2, -0.15) is 5.26 Å². The number of rotatable bonds is 4. The zero-order valence-electron chi connectivity index (χ0n) is 18.3. The molecule has 6 nitrogen and oxygen atoms in total. The van der Waals surface area contributed by atoms with Crippen LogP contribution in [0.2, 0.25) is 5.02 Å². The van der Waals surface area contributed by atoms with Crippen molar-refractivity contribution in [3.8, 4) is 17.6 Å². The van der Waals surface area contributed by atoms with Gasteiger partial charge in [-0.3, -0.25) is 4.79 Å². The Morgan fingerprint density at radius 1 is 1.12 bits per heavy atom. The van der Waals surface area contributed by atoms with Gasteiger partial charge in [0, 0.05) is 17.5 Å². The van der Waals surface area contributed by atoms with Crippen molar-refractivity contribution in [2.45, 2.75) is 12.5 Å². The molecule has 0 spiro atoms.